The van der Waals surface area contributed by atoms with E-state index in [1.807, 2.05) is 0 Å². The number of rotatable bonds is 13. The molecule has 6 heteroatoms. The number of likely N-dealkylation sites (N-methyl/N-ethyl adjacent to an activating group) is 2. The molecule has 4 nitrogen and oxygen atoms in total. The van der Waals surface area contributed by atoms with Gasteiger partial charge in [0.1, 0.15) is 0 Å². The van der Waals surface area contributed by atoms with Crippen molar-refractivity contribution in [3.8, 4) is 0 Å². The van der Waals surface area contributed by atoms with Crippen molar-refractivity contribution in [3.05, 3.63) is 11.3 Å². The van der Waals surface area contributed by atoms with E-state index in [0.29, 0.717) is 0 Å². The molecule has 2 saturated heterocycles. The van der Waals surface area contributed by atoms with Gasteiger partial charge in [-0.3, -0.25) is 9.80 Å². The third-order valence-corrected chi connectivity index (χ3v) is 11.4. The standard InChI is InChI=1S/C23H50N4Si2/c1-22(2)21-28-19-9-7-5-6-8-10-20-29-23(26-15-11-24(3)12-16-26)27-17-13-25(4)14-18-27/h21,23H,5-20,28-29H2,1-4H3. The number of unbranched alkanes of at least 4 members (excludes halogenated alkanes) is 5. The molecule has 0 N–H and O–H groups in total. The van der Waals surface area contributed by atoms with Crippen molar-refractivity contribution in [3.63, 3.8) is 0 Å². The maximum Gasteiger partial charge on any atom is 0.0592 e. The van der Waals surface area contributed by atoms with Gasteiger partial charge in [-0.1, -0.05) is 56.2 Å². The molecule has 29 heavy (non-hydrogen) atoms. The Hall–Kier alpha value is 0.0138. The molecule has 0 aromatic rings. The molecule has 0 saturated carbocycles. The minimum Gasteiger partial charge on any atom is -0.304 e. The third-order valence-electron chi connectivity index (χ3n) is 6.89. The molecule has 0 amide bonds. The Morgan fingerprint density at radius 3 is 1.62 bits per heavy atom. The van der Waals surface area contributed by atoms with E-state index in [1.165, 1.54) is 103 Å². The summed E-state index contributed by atoms with van der Waals surface area (Å²) in [5.74, 6) is 0.831. The number of hydrogen-bond donors (Lipinski definition) is 0. The number of piperazine rings is 2. The largest absolute Gasteiger partial charge is 0.304 e. The lowest BCUT2D eigenvalue weighted by molar-refractivity contribution is 0.0311. The van der Waals surface area contributed by atoms with Crippen molar-refractivity contribution >= 4 is 19.0 Å². The van der Waals surface area contributed by atoms with E-state index < -0.39 is 0 Å². The molecule has 2 heterocycles. The first kappa shape index (κ1) is 25.3. The minimum absolute atomic E-state index is 0.0430. The van der Waals surface area contributed by atoms with Gasteiger partial charge in [-0.25, -0.2) is 0 Å². The van der Waals surface area contributed by atoms with Crippen LogP contribution in [-0.2, 0) is 0 Å². The SMILES string of the molecule is CC(C)=C[SiH2]CCCCCCCC[SiH2]C(N1CCN(C)CC1)N1CCN(C)CC1. The maximum absolute atomic E-state index is 2.86. The highest BCUT2D eigenvalue weighted by molar-refractivity contribution is 6.42. The number of nitrogens with zero attached hydrogens (tertiary/aromatic N) is 4. The van der Waals surface area contributed by atoms with Crippen LogP contribution in [0.2, 0.25) is 12.1 Å². The van der Waals surface area contributed by atoms with Crippen LogP contribution < -0.4 is 0 Å². The Balaban J connectivity index is 1.59. The van der Waals surface area contributed by atoms with Crippen LogP contribution in [0.3, 0.4) is 0 Å². The first-order valence-corrected chi connectivity index (χ1v) is 16.2. The van der Waals surface area contributed by atoms with Crippen LogP contribution in [0.15, 0.2) is 11.3 Å². The zero-order valence-electron chi connectivity index (χ0n) is 20.2. The van der Waals surface area contributed by atoms with Gasteiger partial charge < -0.3 is 9.80 Å². The fourth-order valence-corrected chi connectivity index (χ4v) is 8.65. The Morgan fingerprint density at radius 1 is 0.690 bits per heavy atom. The lowest BCUT2D eigenvalue weighted by Crippen LogP contribution is -2.61. The molecule has 0 spiro atoms. The van der Waals surface area contributed by atoms with Crippen molar-refractivity contribution < 1.29 is 0 Å². The first-order valence-electron chi connectivity index (χ1n) is 12.5. The van der Waals surface area contributed by atoms with Crippen molar-refractivity contribution in [2.45, 2.75) is 70.2 Å². The van der Waals surface area contributed by atoms with E-state index in [9.17, 15) is 0 Å². The van der Waals surface area contributed by atoms with Crippen LogP contribution >= 0.6 is 0 Å². The highest BCUT2D eigenvalue weighted by Crippen LogP contribution is 2.15. The van der Waals surface area contributed by atoms with E-state index in [1.54, 1.807) is 6.04 Å². The summed E-state index contributed by atoms with van der Waals surface area (Å²) in [6, 6.07) is 3.08. The Kier molecular flexibility index (Phi) is 13.0. The summed E-state index contributed by atoms with van der Waals surface area (Å²) >= 11 is 0. The molecule has 170 valence electrons. The van der Waals surface area contributed by atoms with Gasteiger partial charge in [0.2, 0.25) is 0 Å². The molecule has 0 atom stereocenters. The quantitative estimate of drug-likeness (QED) is 0.323. The first-order chi connectivity index (χ1) is 14.1. The van der Waals surface area contributed by atoms with Crippen LogP contribution in [0, 0.1) is 0 Å². The Morgan fingerprint density at radius 2 is 1.14 bits per heavy atom. The van der Waals surface area contributed by atoms with Gasteiger partial charge in [-0.2, -0.15) is 0 Å². The molecular formula is C23H50N4Si2. The third kappa shape index (κ3) is 10.7. The summed E-state index contributed by atoms with van der Waals surface area (Å²) in [7, 11) is 4.63. The summed E-state index contributed by atoms with van der Waals surface area (Å²) in [6.07, 6.45) is 8.90. The smallest absolute Gasteiger partial charge is 0.0592 e. The zero-order valence-corrected chi connectivity index (χ0v) is 23.0. The molecule has 0 radical (unpaired) electrons. The van der Waals surface area contributed by atoms with E-state index in [0.717, 1.165) is 5.79 Å². The second-order valence-corrected chi connectivity index (χ2v) is 13.6. The van der Waals surface area contributed by atoms with E-state index in [2.05, 4.69) is 53.2 Å². The average Bonchev–Trinajstić information content (AvgIpc) is 2.70. The fourth-order valence-electron chi connectivity index (χ4n) is 4.76. The zero-order chi connectivity index (χ0) is 20.9. The summed E-state index contributed by atoms with van der Waals surface area (Å²) in [5, 5.41) is 0. The monoisotopic (exact) mass is 438 g/mol. The van der Waals surface area contributed by atoms with Gasteiger partial charge in [0.25, 0.3) is 0 Å². The summed E-state index contributed by atoms with van der Waals surface area (Å²) in [5.41, 5.74) is 4.06. The van der Waals surface area contributed by atoms with Crippen molar-refractivity contribution in [1.82, 2.24) is 19.6 Å². The average molecular weight is 439 g/mol. The van der Waals surface area contributed by atoms with Crippen molar-refractivity contribution in [2.24, 2.45) is 0 Å². The highest BCUT2D eigenvalue weighted by Gasteiger charge is 2.29. The van der Waals surface area contributed by atoms with Gasteiger partial charge in [-0.05, 0) is 27.9 Å². The molecule has 2 aliphatic rings. The maximum atomic E-state index is 2.86. The van der Waals surface area contributed by atoms with Gasteiger partial charge >= 0.3 is 0 Å². The lowest BCUT2D eigenvalue weighted by atomic mass is 10.1. The number of hydrogen-bond acceptors (Lipinski definition) is 4. The topological polar surface area (TPSA) is 13.0 Å². The molecule has 2 rings (SSSR count). The minimum atomic E-state index is -0.0430. The van der Waals surface area contributed by atoms with E-state index in [-0.39, 0.29) is 19.0 Å². The molecule has 0 unspecified atom stereocenters. The molecule has 2 aliphatic heterocycles. The molecule has 0 aromatic carbocycles. The normalized spacial score (nSPS) is 21.3. The van der Waals surface area contributed by atoms with Gasteiger partial charge in [0.05, 0.1) is 9.52 Å². The van der Waals surface area contributed by atoms with Crippen LogP contribution in [0.4, 0.5) is 0 Å². The lowest BCUT2D eigenvalue weighted by Gasteiger charge is -2.46. The molecular weight excluding hydrogens is 388 g/mol. The van der Waals surface area contributed by atoms with Crippen LogP contribution in [0.5, 0.6) is 0 Å². The summed E-state index contributed by atoms with van der Waals surface area (Å²) in [6.45, 7) is 14.7. The second kappa shape index (κ2) is 14.9. The molecule has 0 bridgehead atoms. The Labute approximate surface area is 186 Å². The molecule has 0 aliphatic carbocycles. The predicted molar refractivity (Wildman–Crippen MR) is 136 cm³/mol. The van der Waals surface area contributed by atoms with Crippen LogP contribution in [0.1, 0.15) is 52.4 Å². The summed E-state index contributed by atoms with van der Waals surface area (Å²) < 4.78 is 0. The number of allylic oxidation sites excluding steroid dienone is 1. The fraction of sp³-hybridized carbons (Fsp3) is 0.913. The Bertz CT molecular complexity index is 418. The van der Waals surface area contributed by atoms with Crippen LogP contribution in [0.25, 0.3) is 0 Å². The predicted octanol–water partition coefficient (Wildman–Crippen LogP) is 2.20. The van der Waals surface area contributed by atoms with Crippen molar-refractivity contribution in [2.75, 3.05) is 66.5 Å². The molecule has 2 fully saturated rings. The van der Waals surface area contributed by atoms with E-state index >= 15 is 0 Å². The van der Waals surface area contributed by atoms with Gasteiger partial charge in [-0.15, -0.1) is 5.70 Å². The van der Waals surface area contributed by atoms with Gasteiger partial charge in [0, 0.05) is 67.7 Å². The van der Waals surface area contributed by atoms with Crippen LogP contribution in [-0.4, -0.2) is 111 Å². The van der Waals surface area contributed by atoms with Gasteiger partial charge in [0.15, 0.2) is 0 Å². The second-order valence-electron chi connectivity index (χ2n) is 9.85. The highest BCUT2D eigenvalue weighted by atomic mass is 28.2. The van der Waals surface area contributed by atoms with E-state index in [4.69, 9.17) is 0 Å². The van der Waals surface area contributed by atoms with Crippen molar-refractivity contribution in [1.29, 1.82) is 0 Å². The summed E-state index contributed by atoms with van der Waals surface area (Å²) in [4.78, 5) is 10.7. The molecule has 0 aromatic heterocycles.